The van der Waals surface area contributed by atoms with Crippen LogP contribution in [0.25, 0.3) is 10.2 Å². The molecule has 29 heavy (non-hydrogen) atoms. The van der Waals surface area contributed by atoms with Gasteiger partial charge in [-0.3, -0.25) is 9.69 Å². The van der Waals surface area contributed by atoms with E-state index in [1.54, 1.807) is 17.2 Å². The fraction of sp³-hybridized carbons (Fsp3) is 0.182. The number of nitrogens with one attached hydrogen (secondary N) is 1. The number of carbonyl (C=O) groups is 1. The predicted molar refractivity (Wildman–Crippen MR) is 117 cm³/mol. The van der Waals surface area contributed by atoms with Gasteiger partial charge in [-0.2, -0.15) is 4.98 Å². The van der Waals surface area contributed by atoms with Crippen LogP contribution >= 0.6 is 11.3 Å². The largest absolute Gasteiger partial charge is 0.348 e. The third-order valence-electron chi connectivity index (χ3n) is 4.60. The maximum Gasteiger partial charge on any atom is 0.288 e. The van der Waals surface area contributed by atoms with Crippen molar-refractivity contribution in [3.63, 3.8) is 0 Å². The first-order chi connectivity index (χ1) is 14.2. The lowest BCUT2D eigenvalue weighted by molar-refractivity contribution is 0.0987. The second-order valence-corrected chi connectivity index (χ2v) is 7.58. The summed E-state index contributed by atoms with van der Waals surface area (Å²) in [6.45, 7) is 4.46. The van der Waals surface area contributed by atoms with E-state index in [0.717, 1.165) is 15.8 Å². The molecule has 6 nitrogen and oxygen atoms in total. The van der Waals surface area contributed by atoms with Crippen LogP contribution in [0.5, 0.6) is 0 Å². The number of fused-ring (bicyclic) bond motifs is 1. The number of hydrogen-bond acceptors (Lipinski definition) is 6. The van der Waals surface area contributed by atoms with E-state index in [-0.39, 0.29) is 11.9 Å². The fourth-order valence-corrected chi connectivity index (χ4v) is 3.99. The Labute approximate surface area is 173 Å². The summed E-state index contributed by atoms with van der Waals surface area (Å²) in [6.07, 6.45) is 1.66. The first-order valence-electron chi connectivity index (χ1n) is 9.47. The molecule has 1 amide bonds. The lowest BCUT2D eigenvalue weighted by Gasteiger charge is -2.20. The minimum atomic E-state index is -0.158. The van der Waals surface area contributed by atoms with Gasteiger partial charge in [-0.1, -0.05) is 42.5 Å². The van der Waals surface area contributed by atoms with Crippen LogP contribution in [0.3, 0.4) is 0 Å². The highest BCUT2D eigenvalue weighted by Crippen LogP contribution is 2.25. The average molecular weight is 404 g/mol. The third kappa shape index (κ3) is 4.09. The van der Waals surface area contributed by atoms with Crippen LogP contribution in [0.4, 0.5) is 11.8 Å². The van der Waals surface area contributed by atoms with Crippen LogP contribution < -0.4 is 10.2 Å². The van der Waals surface area contributed by atoms with Gasteiger partial charge >= 0.3 is 0 Å². The van der Waals surface area contributed by atoms with Gasteiger partial charge in [-0.05, 0) is 37.6 Å². The van der Waals surface area contributed by atoms with Crippen molar-refractivity contribution in [3.8, 4) is 0 Å². The van der Waals surface area contributed by atoms with E-state index in [0.29, 0.717) is 23.3 Å². The van der Waals surface area contributed by atoms with Crippen molar-refractivity contribution < 1.29 is 4.79 Å². The number of rotatable bonds is 6. The zero-order valence-corrected chi connectivity index (χ0v) is 17.1. The van der Waals surface area contributed by atoms with Gasteiger partial charge in [0.05, 0.1) is 16.3 Å². The molecular formula is C22H21N5OS. The molecule has 0 aliphatic heterocycles. The molecule has 0 unspecified atom stereocenters. The summed E-state index contributed by atoms with van der Waals surface area (Å²) < 4.78 is 0.994. The van der Waals surface area contributed by atoms with Gasteiger partial charge in [0.15, 0.2) is 5.01 Å². The Bertz CT molecular complexity index is 1100. The summed E-state index contributed by atoms with van der Waals surface area (Å²) in [7, 11) is 0. The Balaban J connectivity index is 1.57. The number of anilines is 2. The summed E-state index contributed by atoms with van der Waals surface area (Å²) in [6, 6.07) is 19.6. The van der Waals surface area contributed by atoms with E-state index in [4.69, 9.17) is 0 Å². The first-order valence-corrected chi connectivity index (χ1v) is 10.3. The molecular weight excluding hydrogens is 382 g/mol. The average Bonchev–Trinajstić information content (AvgIpc) is 3.19. The molecule has 4 rings (SSSR count). The Morgan fingerprint density at radius 3 is 2.59 bits per heavy atom. The second-order valence-electron chi connectivity index (χ2n) is 6.55. The Morgan fingerprint density at radius 1 is 1.07 bits per heavy atom. The number of amides is 1. The van der Waals surface area contributed by atoms with E-state index in [1.807, 2.05) is 49.4 Å². The van der Waals surface area contributed by atoms with Crippen molar-refractivity contribution in [2.24, 2.45) is 0 Å². The van der Waals surface area contributed by atoms with E-state index in [1.165, 1.54) is 11.3 Å². The molecule has 0 aliphatic rings. The summed E-state index contributed by atoms with van der Waals surface area (Å²) in [5.74, 6) is 0.873. The molecule has 1 atom stereocenters. The van der Waals surface area contributed by atoms with Crippen molar-refractivity contribution in [2.45, 2.75) is 19.9 Å². The predicted octanol–water partition coefficient (Wildman–Crippen LogP) is 4.93. The zero-order valence-electron chi connectivity index (χ0n) is 16.2. The van der Waals surface area contributed by atoms with Gasteiger partial charge in [-0.15, -0.1) is 11.3 Å². The van der Waals surface area contributed by atoms with Gasteiger partial charge in [0.25, 0.3) is 5.91 Å². The van der Waals surface area contributed by atoms with Crippen LogP contribution in [0, 0.1) is 0 Å². The third-order valence-corrected chi connectivity index (χ3v) is 5.63. The number of thiazole rings is 1. The SMILES string of the molecule is CCN(C(=O)c1nc2ccccc2s1)c1ccnc(N[C@@H](C)c2ccccc2)n1. The van der Waals surface area contributed by atoms with Gasteiger partial charge < -0.3 is 5.32 Å². The van der Waals surface area contributed by atoms with Crippen molar-refractivity contribution in [1.82, 2.24) is 15.0 Å². The Hall–Kier alpha value is -3.32. The molecule has 2 aromatic heterocycles. The maximum absolute atomic E-state index is 13.1. The monoisotopic (exact) mass is 403 g/mol. The van der Waals surface area contributed by atoms with Crippen LogP contribution in [0.2, 0.25) is 0 Å². The Kier molecular flexibility index (Phi) is 5.48. The van der Waals surface area contributed by atoms with E-state index in [2.05, 4.69) is 39.3 Å². The second kappa shape index (κ2) is 8.36. The summed E-state index contributed by atoms with van der Waals surface area (Å²) in [5, 5.41) is 3.76. The molecule has 0 aliphatic carbocycles. The molecule has 0 fully saturated rings. The van der Waals surface area contributed by atoms with Crippen LogP contribution in [-0.2, 0) is 0 Å². The first kappa shape index (κ1) is 19.0. The summed E-state index contributed by atoms with van der Waals surface area (Å²) in [5.41, 5.74) is 1.97. The van der Waals surface area contributed by atoms with Gasteiger partial charge in [-0.25, -0.2) is 9.97 Å². The number of aromatic nitrogens is 3. The van der Waals surface area contributed by atoms with Gasteiger partial charge in [0.1, 0.15) is 5.82 Å². The zero-order chi connectivity index (χ0) is 20.2. The van der Waals surface area contributed by atoms with Gasteiger partial charge in [0, 0.05) is 12.7 Å². The molecule has 1 N–H and O–H groups in total. The topological polar surface area (TPSA) is 71.0 Å². The number of hydrogen-bond donors (Lipinski definition) is 1. The van der Waals surface area contributed by atoms with Crippen LogP contribution in [-0.4, -0.2) is 27.4 Å². The summed E-state index contributed by atoms with van der Waals surface area (Å²) in [4.78, 5) is 28.1. The standard InChI is InChI=1S/C22H21N5OS/c1-3-27(21(28)20-25-17-11-7-8-12-18(17)29-20)19-13-14-23-22(26-19)24-15(2)16-9-5-4-6-10-16/h4-15H,3H2,1-2H3,(H,23,24,26)/t15-/m0/s1. The molecule has 0 saturated carbocycles. The highest BCUT2D eigenvalue weighted by Gasteiger charge is 2.21. The normalized spacial score (nSPS) is 11.9. The molecule has 2 aromatic carbocycles. The number of carbonyl (C=O) groups excluding carboxylic acids is 1. The van der Waals surface area contributed by atoms with Crippen molar-refractivity contribution in [2.75, 3.05) is 16.8 Å². The lowest BCUT2D eigenvalue weighted by atomic mass is 10.1. The molecule has 2 heterocycles. The number of para-hydroxylation sites is 1. The molecule has 146 valence electrons. The highest BCUT2D eigenvalue weighted by atomic mass is 32.1. The number of benzene rings is 2. The molecule has 4 aromatic rings. The molecule has 7 heteroatoms. The molecule has 0 radical (unpaired) electrons. The van der Waals surface area contributed by atoms with Crippen LogP contribution in [0.15, 0.2) is 66.9 Å². The summed E-state index contributed by atoms with van der Waals surface area (Å²) >= 11 is 1.39. The quantitative estimate of drug-likeness (QED) is 0.494. The van der Waals surface area contributed by atoms with Gasteiger partial charge in [0.2, 0.25) is 5.95 Å². The maximum atomic E-state index is 13.1. The van der Waals surface area contributed by atoms with Crippen LogP contribution in [0.1, 0.15) is 35.3 Å². The van der Waals surface area contributed by atoms with E-state index in [9.17, 15) is 4.79 Å². The van der Waals surface area contributed by atoms with E-state index >= 15 is 0 Å². The highest BCUT2D eigenvalue weighted by molar-refractivity contribution is 7.20. The molecule has 0 saturated heterocycles. The molecule has 0 bridgehead atoms. The molecule has 0 spiro atoms. The van der Waals surface area contributed by atoms with Crippen molar-refractivity contribution in [3.05, 3.63) is 77.4 Å². The fourth-order valence-electron chi connectivity index (χ4n) is 3.08. The smallest absolute Gasteiger partial charge is 0.288 e. The van der Waals surface area contributed by atoms with Crippen molar-refractivity contribution >= 4 is 39.2 Å². The minimum absolute atomic E-state index is 0.0430. The number of nitrogens with zero attached hydrogens (tertiary/aromatic N) is 4. The minimum Gasteiger partial charge on any atom is -0.348 e. The van der Waals surface area contributed by atoms with E-state index < -0.39 is 0 Å². The Morgan fingerprint density at radius 2 is 1.83 bits per heavy atom. The van der Waals surface area contributed by atoms with Crippen molar-refractivity contribution in [1.29, 1.82) is 0 Å². The lowest BCUT2D eigenvalue weighted by Crippen LogP contribution is -2.31.